The molecular weight excluding hydrogens is 216 g/mol. The summed E-state index contributed by atoms with van der Waals surface area (Å²) in [5, 5.41) is 15.2. The van der Waals surface area contributed by atoms with E-state index in [2.05, 4.69) is 56.0 Å². The second-order valence-electron chi connectivity index (χ2n) is 3.07. The molecule has 0 spiro atoms. The lowest BCUT2D eigenvalue weighted by atomic mass is 10.2. The second-order valence-corrected chi connectivity index (χ2v) is 3.07. The lowest BCUT2D eigenvalue weighted by Gasteiger charge is -1.90. The van der Waals surface area contributed by atoms with Gasteiger partial charge in [-0.15, -0.1) is 0 Å². The molecule has 0 saturated carbocycles. The van der Waals surface area contributed by atoms with Gasteiger partial charge in [0.05, 0.1) is 25.7 Å². The monoisotopic (exact) mass is 238 g/mol. The smallest absolute Gasteiger partial charge is 0.0829 e. The van der Waals surface area contributed by atoms with Crippen molar-refractivity contribution in [1.82, 2.24) is 0 Å². The minimum Gasteiger partial charge on any atom is -0.474 e. The van der Waals surface area contributed by atoms with Gasteiger partial charge in [-0.05, 0) is 13.8 Å². The molecule has 0 fully saturated rings. The number of benzene rings is 1. The van der Waals surface area contributed by atoms with Gasteiger partial charge in [0, 0.05) is 0 Å². The van der Waals surface area contributed by atoms with Crippen LogP contribution in [0.25, 0.3) is 0 Å². The zero-order valence-corrected chi connectivity index (χ0v) is 10.6. The van der Waals surface area contributed by atoms with Gasteiger partial charge in [0.2, 0.25) is 0 Å². The number of aryl methyl sites for hydroxylation is 2. The van der Waals surface area contributed by atoms with E-state index >= 15 is 0 Å². The first kappa shape index (κ1) is 17.8. The molecule has 17 heavy (non-hydrogen) atoms. The minimum atomic E-state index is -0.125. The maximum Gasteiger partial charge on any atom is 0.0829 e. The maximum absolute atomic E-state index is 7.62. The van der Waals surface area contributed by atoms with E-state index in [1.54, 1.807) is 0 Å². The van der Waals surface area contributed by atoms with Crippen LogP contribution in [0, 0.1) is 13.8 Å². The molecule has 0 aliphatic rings. The third-order valence-electron chi connectivity index (χ3n) is 1.47. The predicted molar refractivity (Wildman–Crippen MR) is 71.6 cm³/mol. The summed E-state index contributed by atoms with van der Waals surface area (Å²) in [6.45, 7) is 10.5. The lowest BCUT2D eigenvalue weighted by Crippen LogP contribution is -1.85. The van der Waals surface area contributed by atoms with Crippen molar-refractivity contribution >= 4 is 0 Å². The molecule has 0 aliphatic heterocycles. The van der Waals surface area contributed by atoms with Gasteiger partial charge < -0.3 is 14.9 Å². The van der Waals surface area contributed by atoms with Crippen LogP contribution in [0.4, 0.5) is 0 Å². The molecule has 1 rings (SSSR count). The van der Waals surface area contributed by atoms with Crippen LogP contribution in [0.1, 0.15) is 11.1 Å². The van der Waals surface area contributed by atoms with Gasteiger partial charge >= 0.3 is 0 Å². The van der Waals surface area contributed by atoms with Crippen molar-refractivity contribution in [2.24, 2.45) is 0 Å². The SMILES string of the molecule is C=COC=C.Cc1cccc(C)c1.OCCO. The molecule has 1 aromatic rings. The second kappa shape index (κ2) is 14.4. The van der Waals surface area contributed by atoms with Gasteiger partial charge in [-0.3, -0.25) is 0 Å². The van der Waals surface area contributed by atoms with Crippen molar-refractivity contribution in [2.75, 3.05) is 13.2 Å². The average Bonchev–Trinajstić information content (AvgIpc) is 2.31. The van der Waals surface area contributed by atoms with Gasteiger partial charge in [0.1, 0.15) is 0 Å². The maximum atomic E-state index is 7.62. The summed E-state index contributed by atoms with van der Waals surface area (Å²) in [6, 6.07) is 8.45. The summed E-state index contributed by atoms with van der Waals surface area (Å²) in [7, 11) is 0. The molecular formula is C14H22O3. The first-order chi connectivity index (χ1) is 8.12. The Balaban J connectivity index is 0. The van der Waals surface area contributed by atoms with Crippen LogP contribution in [0.5, 0.6) is 0 Å². The van der Waals surface area contributed by atoms with Crippen LogP contribution in [0.15, 0.2) is 49.9 Å². The molecule has 0 unspecified atom stereocenters. The van der Waals surface area contributed by atoms with E-state index < -0.39 is 0 Å². The highest BCUT2D eigenvalue weighted by Gasteiger charge is 1.80. The standard InChI is InChI=1S/C8H10.C4H6O.C2H6O2/c1-7-4-3-5-8(2)6-7;1-3-5-4-2;3-1-2-4/h3-6H,1-2H3;3-4H,1-2H2;3-4H,1-2H2. The molecule has 2 N–H and O–H groups in total. The van der Waals surface area contributed by atoms with Crippen LogP contribution < -0.4 is 0 Å². The number of ether oxygens (including phenoxy) is 1. The molecule has 0 aromatic heterocycles. The summed E-state index contributed by atoms with van der Waals surface area (Å²) in [5.41, 5.74) is 2.68. The van der Waals surface area contributed by atoms with E-state index in [1.165, 1.54) is 23.7 Å². The molecule has 0 bridgehead atoms. The number of hydrogen-bond donors (Lipinski definition) is 2. The van der Waals surface area contributed by atoms with Gasteiger partial charge in [-0.1, -0.05) is 48.6 Å². The summed E-state index contributed by atoms with van der Waals surface area (Å²) >= 11 is 0. The van der Waals surface area contributed by atoms with E-state index in [4.69, 9.17) is 10.2 Å². The lowest BCUT2D eigenvalue weighted by molar-refractivity contribution is 0.186. The predicted octanol–water partition coefficient (Wildman–Crippen LogP) is 2.56. The van der Waals surface area contributed by atoms with Crippen LogP contribution >= 0.6 is 0 Å². The quantitative estimate of drug-likeness (QED) is 0.796. The minimum absolute atomic E-state index is 0.125. The molecule has 1 aromatic carbocycles. The van der Waals surface area contributed by atoms with Crippen molar-refractivity contribution in [3.8, 4) is 0 Å². The largest absolute Gasteiger partial charge is 0.474 e. The zero-order chi connectivity index (χ0) is 13.5. The Labute approximate surface area is 104 Å². The molecule has 0 amide bonds. The number of hydrogen-bond acceptors (Lipinski definition) is 3. The Bertz CT molecular complexity index is 270. The van der Waals surface area contributed by atoms with Crippen molar-refractivity contribution < 1.29 is 14.9 Å². The third kappa shape index (κ3) is 17.1. The Morgan fingerprint density at radius 1 is 1.06 bits per heavy atom. The summed E-state index contributed by atoms with van der Waals surface area (Å²) in [6.07, 6.45) is 2.62. The molecule has 3 heteroatoms. The fraction of sp³-hybridized carbons (Fsp3) is 0.286. The van der Waals surface area contributed by atoms with Gasteiger partial charge in [-0.25, -0.2) is 0 Å². The topological polar surface area (TPSA) is 49.7 Å². The van der Waals surface area contributed by atoms with Crippen molar-refractivity contribution in [1.29, 1.82) is 0 Å². The summed E-state index contributed by atoms with van der Waals surface area (Å²) in [5.74, 6) is 0. The normalized spacial score (nSPS) is 7.76. The molecule has 0 radical (unpaired) electrons. The van der Waals surface area contributed by atoms with Crippen molar-refractivity contribution in [3.05, 3.63) is 61.1 Å². The highest BCUT2D eigenvalue weighted by molar-refractivity contribution is 5.20. The Morgan fingerprint density at radius 3 is 1.59 bits per heavy atom. The number of aliphatic hydroxyl groups excluding tert-OH is 2. The molecule has 0 saturated heterocycles. The van der Waals surface area contributed by atoms with E-state index in [-0.39, 0.29) is 13.2 Å². The van der Waals surface area contributed by atoms with Gasteiger partial charge in [0.25, 0.3) is 0 Å². The molecule has 96 valence electrons. The fourth-order valence-corrected chi connectivity index (χ4v) is 0.875. The van der Waals surface area contributed by atoms with Crippen molar-refractivity contribution in [3.63, 3.8) is 0 Å². The fourth-order valence-electron chi connectivity index (χ4n) is 0.875. The van der Waals surface area contributed by atoms with E-state index in [0.29, 0.717) is 0 Å². The molecule has 0 aliphatic carbocycles. The van der Waals surface area contributed by atoms with Gasteiger partial charge in [0.15, 0.2) is 0 Å². The first-order valence-corrected chi connectivity index (χ1v) is 5.24. The number of rotatable bonds is 3. The van der Waals surface area contributed by atoms with Crippen LogP contribution in [0.2, 0.25) is 0 Å². The highest BCUT2D eigenvalue weighted by atomic mass is 16.5. The Morgan fingerprint density at radius 2 is 1.47 bits per heavy atom. The van der Waals surface area contributed by atoms with Crippen LogP contribution in [0.3, 0.4) is 0 Å². The Hall–Kier alpha value is -1.58. The van der Waals surface area contributed by atoms with E-state index in [9.17, 15) is 0 Å². The third-order valence-corrected chi connectivity index (χ3v) is 1.47. The molecule has 0 heterocycles. The average molecular weight is 238 g/mol. The van der Waals surface area contributed by atoms with Crippen LogP contribution in [-0.2, 0) is 4.74 Å². The van der Waals surface area contributed by atoms with E-state index in [0.717, 1.165) is 0 Å². The van der Waals surface area contributed by atoms with Gasteiger partial charge in [-0.2, -0.15) is 0 Å². The summed E-state index contributed by atoms with van der Waals surface area (Å²) in [4.78, 5) is 0. The first-order valence-electron chi connectivity index (χ1n) is 5.24. The molecule has 0 atom stereocenters. The van der Waals surface area contributed by atoms with Crippen molar-refractivity contribution in [2.45, 2.75) is 13.8 Å². The number of aliphatic hydroxyl groups is 2. The zero-order valence-electron chi connectivity index (χ0n) is 10.6. The van der Waals surface area contributed by atoms with Crippen LogP contribution in [-0.4, -0.2) is 23.4 Å². The van der Waals surface area contributed by atoms with E-state index in [1.807, 2.05) is 0 Å². The summed E-state index contributed by atoms with van der Waals surface area (Å²) < 4.78 is 4.36. The highest BCUT2D eigenvalue weighted by Crippen LogP contribution is 2.00. The molecule has 3 nitrogen and oxygen atoms in total. The Kier molecular flexibility index (Phi) is 15.1.